The fourth-order valence-electron chi connectivity index (χ4n) is 1.08. The van der Waals surface area contributed by atoms with Crippen LogP contribution >= 0.6 is 11.3 Å². The fourth-order valence-corrected chi connectivity index (χ4v) is 1.79. The van der Waals surface area contributed by atoms with Gasteiger partial charge in [-0.15, -0.1) is 10.2 Å². The fraction of sp³-hybridized carbons (Fsp3) is 0. The molecule has 0 aliphatic carbocycles. The van der Waals surface area contributed by atoms with E-state index in [9.17, 15) is 13.6 Å². The van der Waals surface area contributed by atoms with E-state index in [1.54, 1.807) is 0 Å². The van der Waals surface area contributed by atoms with E-state index in [1.165, 1.54) is 6.07 Å². The van der Waals surface area contributed by atoms with Gasteiger partial charge in [0, 0.05) is 11.6 Å². The van der Waals surface area contributed by atoms with Gasteiger partial charge in [0.05, 0.1) is 0 Å². The second-order valence-electron chi connectivity index (χ2n) is 2.84. The van der Waals surface area contributed by atoms with Crippen molar-refractivity contribution in [2.24, 2.45) is 0 Å². The summed E-state index contributed by atoms with van der Waals surface area (Å²) in [5, 5.41) is 15.4. The third-order valence-corrected chi connectivity index (χ3v) is 2.71. The van der Waals surface area contributed by atoms with Gasteiger partial charge in [-0.3, -0.25) is 0 Å². The number of rotatable bonds is 2. The molecular formula is C9H5F2N2NaO2S. The number of carbonyl (C=O) groups is 1. The minimum atomic E-state index is -1.23. The Bertz CT molecular complexity index is 567. The summed E-state index contributed by atoms with van der Waals surface area (Å²) >= 11 is 0.730. The van der Waals surface area contributed by atoms with E-state index < -0.39 is 17.6 Å². The topological polar surface area (TPSA) is 63.1 Å². The van der Waals surface area contributed by atoms with Gasteiger partial charge in [-0.25, -0.2) is 13.6 Å². The first-order valence-corrected chi connectivity index (χ1v) is 4.92. The summed E-state index contributed by atoms with van der Waals surface area (Å²) in [4.78, 5) is 10.5. The maximum Gasteiger partial charge on any atom is 1.00 e. The van der Waals surface area contributed by atoms with Crippen LogP contribution in [0.3, 0.4) is 0 Å². The third-order valence-electron chi connectivity index (χ3n) is 1.77. The molecule has 1 heterocycles. The molecule has 0 amide bonds. The number of hydrogen-bond donors (Lipinski definition) is 1. The second kappa shape index (κ2) is 5.63. The van der Waals surface area contributed by atoms with E-state index in [0.29, 0.717) is 6.07 Å². The van der Waals surface area contributed by atoms with Crippen LogP contribution in [-0.4, -0.2) is 21.3 Å². The molecule has 0 aliphatic heterocycles. The van der Waals surface area contributed by atoms with Gasteiger partial charge >= 0.3 is 35.5 Å². The van der Waals surface area contributed by atoms with E-state index in [-0.39, 0.29) is 46.6 Å². The monoisotopic (exact) mass is 266 g/mol. The Balaban J connectivity index is 0.00000144. The quantitative estimate of drug-likeness (QED) is 0.730. The van der Waals surface area contributed by atoms with Gasteiger partial charge in [0.1, 0.15) is 11.6 Å². The molecule has 8 heteroatoms. The van der Waals surface area contributed by atoms with Crippen molar-refractivity contribution >= 4 is 17.3 Å². The molecule has 0 radical (unpaired) electrons. The summed E-state index contributed by atoms with van der Waals surface area (Å²) in [5.74, 6) is -2.73. The summed E-state index contributed by atoms with van der Waals surface area (Å²) in [6.45, 7) is 0. The van der Waals surface area contributed by atoms with Gasteiger partial charge in [-0.2, -0.15) is 0 Å². The number of aromatic nitrogens is 2. The van der Waals surface area contributed by atoms with Crippen molar-refractivity contribution in [2.75, 3.05) is 0 Å². The van der Waals surface area contributed by atoms with Gasteiger partial charge in [-0.1, -0.05) is 11.3 Å². The van der Waals surface area contributed by atoms with E-state index >= 15 is 0 Å². The largest absolute Gasteiger partial charge is 1.00 e. The molecule has 17 heavy (non-hydrogen) atoms. The average Bonchev–Trinajstić information content (AvgIpc) is 2.66. The molecular weight excluding hydrogens is 261 g/mol. The summed E-state index contributed by atoms with van der Waals surface area (Å²) in [6.07, 6.45) is 0. The predicted octanol–water partition coefficient (Wildman–Crippen LogP) is -0.702. The standard InChI is InChI=1S/C9H4F2N2O2S.Na.H/c10-4-1-2-5(6(11)3-4)7-12-13-8(16-7)9(14)15;;/h1-3H,(H,14,15);;/q;+1;-1. The summed E-state index contributed by atoms with van der Waals surface area (Å²) in [5.41, 5.74) is 0.0337. The molecule has 1 N–H and O–H groups in total. The van der Waals surface area contributed by atoms with Gasteiger partial charge < -0.3 is 6.53 Å². The predicted molar refractivity (Wildman–Crippen MR) is 53.3 cm³/mol. The molecule has 0 saturated heterocycles. The number of carboxylic acid groups (broad SMARTS) is 1. The van der Waals surface area contributed by atoms with Crippen molar-refractivity contribution in [3.8, 4) is 10.6 Å². The minimum Gasteiger partial charge on any atom is -1.00 e. The first kappa shape index (κ1) is 14.2. The average molecular weight is 266 g/mol. The zero-order valence-electron chi connectivity index (χ0n) is 9.65. The van der Waals surface area contributed by atoms with Crippen molar-refractivity contribution in [3.63, 3.8) is 0 Å². The maximum absolute atomic E-state index is 13.3. The van der Waals surface area contributed by atoms with Crippen LogP contribution in [0.25, 0.3) is 10.6 Å². The molecule has 0 bridgehead atoms. The van der Waals surface area contributed by atoms with Crippen molar-refractivity contribution in [2.45, 2.75) is 0 Å². The number of aromatic carboxylic acids is 1. The Labute approximate surface area is 122 Å². The zero-order chi connectivity index (χ0) is 11.7. The van der Waals surface area contributed by atoms with Crippen LogP contribution in [0.4, 0.5) is 8.78 Å². The Morgan fingerprint density at radius 1 is 1.35 bits per heavy atom. The van der Waals surface area contributed by atoms with Crippen LogP contribution in [0.1, 0.15) is 11.2 Å². The van der Waals surface area contributed by atoms with Gasteiger partial charge in [-0.05, 0) is 12.1 Å². The number of hydrogen-bond acceptors (Lipinski definition) is 4. The Kier molecular flexibility index (Phi) is 4.70. The summed E-state index contributed by atoms with van der Waals surface area (Å²) in [6, 6.07) is 2.97. The van der Waals surface area contributed by atoms with Gasteiger partial charge in [0.15, 0.2) is 5.01 Å². The molecule has 0 saturated carbocycles. The number of carboxylic acids is 1. The van der Waals surface area contributed by atoms with E-state index in [0.717, 1.165) is 17.4 Å². The first-order valence-electron chi connectivity index (χ1n) is 4.10. The van der Waals surface area contributed by atoms with E-state index in [1.807, 2.05) is 0 Å². The molecule has 0 aliphatic rings. The molecule has 1 aromatic heterocycles. The summed E-state index contributed by atoms with van der Waals surface area (Å²) in [7, 11) is 0. The molecule has 2 rings (SSSR count). The van der Waals surface area contributed by atoms with Crippen LogP contribution < -0.4 is 29.6 Å². The molecule has 0 spiro atoms. The van der Waals surface area contributed by atoms with Crippen molar-refractivity contribution in [1.29, 1.82) is 0 Å². The van der Waals surface area contributed by atoms with Crippen LogP contribution in [0, 0.1) is 11.6 Å². The normalized spacial score (nSPS) is 9.76. The molecule has 0 atom stereocenters. The van der Waals surface area contributed by atoms with Crippen LogP contribution in [-0.2, 0) is 0 Å². The van der Waals surface area contributed by atoms with E-state index in [4.69, 9.17) is 5.11 Å². The number of benzene rings is 1. The van der Waals surface area contributed by atoms with Crippen molar-refractivity contribution in [1.82, 2.24) is 10.2 Å². The van der Waals surface area contributed by atoms with Crippen LogP contribution in [0.2, 0.25) is 0 Å². The number of halogens is 2. The molecule has 1 aromatic carbocycles. The first-order chi connectivity index (χ1) is 7.58. The molecule has 0 fully saturated rings. The van der Waals surface area contributed by atoms with Crippen LogP contribution in [0.15, 0.2) is 18.2 Å². The van der Waals surface area contributed by atoms with E-state index in [2.05, 4.69) is 10.2 Å². The zero-order valence-corrected chi connectivity index (χ0v) is 11.5. The molecule has 0 unspecified atom stereocenters. The van der Waals surface area contributed by atoms with Crippen molar-refractivity contribution < 1.29 is 49.7 Å². The molecule has 84 valence electrons. The van der Waals surface area contributed by atoms with Crippen LogP contribution in [0.5, 0.6) is 0 Å². The van der Waals surface area contributed by atoms with Crippen molar-refractivity contribution in [3.05, 3.63) is 34.8 Å². The third kappa shape index (κ3) is 3.06. The number of nitrogens with zero attached hydrogens (tertiary/aromatic N) is 2. The molecule has 4 nitrogen and oxygen atoms in total. The Hall–Kier alpha value is -0.890. The maximum atomic E-state index is 13.3. The smallest absolute Gasteiger partial charge is 1.00 e. The Morgan fingerprint density at radius 2 is 2.06 bits per heavy atom. The summed E-state index contributed by atoms with van der Waals surface area (Å²) < 4.78 is 25.9. The minimum absolute atomic E-state index is 0. The SMILES string of the molecule is O=C(O)c1nnc(-c2ccc(F)cc2F)s1.[H-].[Na+]. The Morgan fingerprint density at radius 3 is 2.59 bits per heavy atom. The van der Waals surface area contributed by atoms with Gasteiger partial charge in [0.25, 0.3) is 0 Å². The van der Waals surface area contributed by atoms with Gasteiger partial charge in [0.2, 0.25) is 5.01 Å². The second-order valence-corrected chi connectivity index (χ2v) is 3.82. The molecule has 2 aromatic rings.